The summed E-state index contributed by atoms with van der Waals surface area (Å²) in [6.45, 7) is 1.23. The molecule has 13 heavy (non-hydrogen) atoms. The van der Waals surface area contributed by atoms with E-state index in [2.05, 4.69) is 15.3 Å². The summed E-state index contributed by atoms with van der Waals surface area (Å²) in [5.74, 6) is 0.739. The SMILES string of the molecule is ClC1COCC1Nc1cnccn1. The van der Waals surface area contributed by atoms with E-state index in [4.69, 9.17) is 16.3 Å². The Morgan fingerprint density at radius 2 is 2.38 bits per heavy atom. The van der Waals surface area contributed by atoms with Gasteiger partial charge in [-0.3, -0.25) is 4.98 Å². The van der Waals surface area contributed by atoms with E-state index in [0.29, 0.717) is 13.2 Å². The van der Waals surface area contributed by atoms with E-state index in [1.807, 2.05) is 0 Å². The molecule has 1 fully saturated rings. The van der Waals surface area contributed by atoms with E-state index < -0.39 is 0 Å². The Balaban J connectivity index is 1.98. The van der Waals surface area contributed by atoms with Crippen molar-refractivity contribution in [3.8, 4) is 0 Å². The zero-order chi connectivity index (χ0) is 9.10. The van der Waals surface area contributed by atoms with Crippen molar-refractivity contribution in [1.82, 2.24) is 9.97 Å². The summed E-state index contributed by atoms with van der Waals surface area (Å²) < 4.78 is 5.20. The molecule has 5 heteroatoms. The van der Waals surface area contributed by atoms with E-state index in [-0.39, 0.29) is 11.4 Å². The largest absolute Gasteiger partial charge is 0.378 e. The maximum Gasteiger partial charge on any atom is 0.144 e. The third-order valence-corrected chi connectivity index (χ3v) is 2.34. The lowest BCUT2D eigenvalue weighted by molar-refractivity contribution is 0.196. The summed E-state index contributed by atoms with van der Waals surface area (Å²) in [5, 5.41) is 3.18. The molecule has 0 spiro atoms. The van der Waals surface area contributed by atoms with Crippen molar-refractivity contribution in [2.75, 3.05) is 18.5 Å². The Bertz CT molecular complexity index is 269. The van der Waals surface area contributed by atoms with Crippen LogP contribution in [0.4, 0.5) is 5.82 Å². The predicted octanol–water partition coefficient (Wildman–Crippen LogP) is 0.895. The molecule has 1 aliphatic rings. The van der Waals surface area contributed by atoms with Gasteiger partial charge in [0.15, 0.2) is 0 Å². The fourth-order valence-corrected chi connectivity index (χ4v) is 1.45. The van der Waals surface area contributed by atoms with Gasteiger partial charge in [0.05, 0.1) is 30.8 Å². The molecular weight excluding hydrogens is 190 g/mol. The first-order valence-corrected chi connectivity index (χ1v) is 4.54. The van der Waals surface area contributed by atoms with Crippen LogP contribution in [-0.2, 0) is 4.74 Å². The van der Waals surface area contributed by atoms with Gasteiger partial charge in [0, 0.05) is 12.4 Å². The molecule has 0 aliphatic carbocycles. The Kier molecular flexibility index (Phi) is 2.61. The molecule has 1 aliphatic heterocycles. The zero-order valence-electron chi connectivity index (χ0n) is 6.98. The van der Waals surface area contributed by atoms with Crippen molar-refractivity contribution in [3.63, 3.8) is 0 Å². The summed E-state index contributed by atoms with van der Waals surface area (Å²) in [6.07, 6.45) is 4.94. The van der Waals surface area contributed by atoms with Gasteiger partial charge in [-0.25, -0.2) is 4.98 Å². The highest BCUT2D eigenvalue weighted by Gasteiger charge is 2.26. The molecule has 1 N–H and O–H groups in total. The summed E-state index contributed by atoms with van der Waals surface area (Å²) in [4.78, 5) is 8.03. The van der Waals surface area contributed by atoms with Crippen LogP contribution in [0.1, 0.15) is 0 Å². The van der Waals surface area contributed by atoms with E-state index in [9.17, 15) is 0 Å². The Morgan fingerprint density at radius 1 is 1.46 bits per heavy atom. The van der Waals surface area contributed by atoms with Crippen molar-refractivity contribution < 1.29 is 4.74 Å². The van der Waals surface area contributed by atoms with Gasteiger partial charge in [0.1, 0.15) is 5.82 Å². The lowest BCUT2D eigenvalue weighted by Crippen LogP contribution is -2.28. The molecular formula is C8H10ClN3O. The first-order valence-electron chi connectivity index (χ1n) is 4.10. The predicted molar refractivity (Wildman–Crippen MR) is 49.9 cm³/mol. The van der Waals surface area contributed by atoms with Crippen LogP contribution in [-0.4, -0.2) is 34.6 Å². The molecule has 0 aromatic carbocycles. The standard InChI is InChI=1S/C8H10ClN3O/c9-6-4-13-5-7(6)12-8-3-10-1-2-11-8/h1-3,6-7H,4-5H2,(H,11,12). The topological polar surface area (TPSA) is 47.0 Å². The molecule has 2 unspecified atom stereocenters. The molecule has 0 saturated carbocycles. The number of nitrogens with zero attached hydrogens (tertiary/aromatic N) is 2. The van der Waals surface area contributed by atoms with Gasteiger partial charge in [0.2, 0.25) is 0 Å². The molecule has 1 aromatic heterocycles. The summed E-state index contributed by atoms with van der Waals surface area (Å²) in [5.41, 5.74) is 0. The van der Waals surface area contributed by atoms with Crippen molar-refractivity contribution >= 4 is 17.4 Å². The second-order valence-electron chi connectivity index (χ2n) is 2.89. The van der Waals surface area contributed by atoms with E-state index in [1.54, 1.807) is 18.6 Å². The first-order chi connectivity index (χ1) is 6.36. The zero-order valence-corrected chi connectivity index (χ0v) is 7.74. The monoisotopic (exact) mass is 199 g/mol. The highest BCUT2D eigenvalue weighted by Crippen LogP contribution is 2.15. The molecule has 2 atom stereocenters. The third kappa shape index (κ3) is 2.08. The molecule has 2 heterocycles. The van der Waals surface area contributed by atoms with Gasteiger partial charge >= 0.3 is 0 Å². The number of hydrogen-bond donors (Lipinski definition) is 1. The lowest BCUT2D eigenvalue weighted by Gasteiger charge is -2.13. The van der Waals surface area contributed by atoms with E-state index >= 15 is 0 Å². The van der Waals surface area contributed by atoms with E-state index in [1.165, 1.54) is 0 Å². The molecule has 70 valence electrons. The number of ether oxygens (including phenoxy) is 1. The number of nitrogens with one attached hydrogen (secondary N) is 1. The maximum absolute atomic E-state index is 5.99. The van der Waals surface area contributed by atoms with Gasteiger partial charge < -0.3 is 10.1 Å². The number of anilines is 1. The van der Waals surface area contributed by atoms with Gasteiger partial charge in [-0.2, -0.15) is 0 Å². The van der Waals surface area contributed by atoms with Crippen molar-refractivity contribution in [1.29, 1.82) is 0 Å². The van der Waals surface area contributed by atoms with Crippen LogP contribution >= 0.6 is 11.6 Å². The average molecular weight is 200 g/mol. The summed E-state index contributed by atoms with van der Waals surface area (Å²) in [7, 11) is 0. The number of alkyl halides is 1. The fraction of sp³-hybridized carbons (Fsp3) is 0.500. The number of rotatable bonds is 2. The number of halogens is 1. The average Bonchev–Trinajstić information content (AvgIpc) is 2.54. The quantitative estimate of drug-likeness (QED) is 0.719. The van der Waals surface area contributed by atoms with Gasteiger partial charge in [-0.05, 0) is 0 Å². The molecule has 2 rings (SSSR count). The first kappa shape index (κ1) is 8.72. The van der Waals surface area contributed by atoms with Crippen molar-refractivity contribution in [2.24, 2.45) is 0 Å². The lowest BCUT2D eigenvalue weighted by atomic mass is 10.2. The molecule has 0 radical (unpaired) electrons. The molecule has 1 saturated heterocycles. The Morgan fingerprint density at radius 3 is 3.00 bits per heavy atom. The summed E-state index contributed by atoms with van der Waals surface area (Å²) >= 11 is 5.99. The Labute approximate surface area is 81.3 Å². The molecule has 0 bridgehead atoms. The molecule has 1 aromatic rings. The van der Waals surface area contributed by atoms with Gasteiger partial charge in [-0.15, -0.1) is 11.6 Å². The highest BCUT2D eigenvalue weighted by molar-refractivity contribution is 6.21. The minimum absolute atomic E-state index is 0.0157. The van der Waals surface area contributed by atoms with Gasteiger partial charge in [0.25, 0.3) is 0 Å². The summed E-state index contributed by atoms with van der Waals surface area (Å²) in [6, 6.07) is 0.137. The van der Waals surface area contributed by atoms with Crippen LogP contribution in [0.25, 0.3) is 0 Å². The fourth-order valence-electron chi connectivity index (χ4n) is 1.22. The second kappa shape index (κ2) is 3.89. The van der Waals surface area contributed by atoms with Crippen LogP contribution in [0.15, 0.2) is 18.6 Å². The molecule has 0 amide bonds. The maximum atomic E-state index is 5.99. The number of hydrogen-bond acceptors (Lipinski definition) is 4. The third-order valence-electron chi connectivity index (χ3n) is 1.91. The van der Waals surface area contributed by atoms with Crippen molar-refractivity contribution in [2.45, 2.75) is 11.4 Å². The van der Waals surface area contributed by atoms with Crippen LogP contribution in [0, 0.1) is 0 Å². The van der Waals surface area contributed by atoms with E-state index in [0.717, 1.165) is 5.82 Å². The minimum Gasteiger partial charge on any atom is -0.378 e. The highest BCUT2D eigenvalue weighted by atomic mass is 35.5. The molecule has 4 nitrogen and oxygen atoms in total. The Hall–Kier alpha value is -0.870. The van der Waals surface area contributed by atoms with Crippen molar-refractivity contribution in [3.05, 3.63) is 18.6 Å². The van der Waals surface area contributed by atoms with Crippen LogP contribution in [0.3, 0.4) is 0 Å². The minimum atomic E-state index is 0.0157. The van der Waals surface area contributed by atoms with Gasteiger partial charge in [-0.1, -0.05) is 0 Å². The normalized spacial score (nSPS) is 27.5. The number of aromatic nitrogens is 2. The van der Waals surface area contributed by atoms with Crippen LogP contribution in [0.5, 0.6) is 0 Å². The second-order valence-corrected chi connectivity index (χ2v) is 3.46. The van der Waals surface area contributed by atoms with Crippen LogP contribution < -0.4 is 5.32 Å². The smallest absolute Gasteiger partial charge is 0.144 e. The van der Waals surface area contributed by atoms with Crippen LogP contribution in [0.2, 0.25) is 0 Å².